The van der Waals surface area contributed by atoms with E-state index in [2.05, 4.69) is 60.1 Å². The lowest BCUT2D eigenvalue weighted by Gasteiger charge is -2.51. The zero-order valence-electron chi connectivity index (χ0n) is 20.8. The number of ether oxygens (including phenoxy) is 2. The number of methoxy groups -OCH3 is 1. The molecule has 5 heteroatoms. The van der Waals surface area contributed by atoms with Crippen LogP contribution in [0.4, 0.5) is 0 Å². The molecule has 0 saturated carbocycles. The normalized spacial score (nSPS) is 24.5. The first-order chi connectivity index (χ1) is 17.1. The number of hydrogen-bond donors (Lipinski definition) is 0. The third kappa shape index (κ3) is 4.02. The van der Waals surface area contributed by atoms with Gasteiger partial charge in [-0.05, 0) is 74.0 Å². The fourth-order valence-corrected chi connectivity index (χ4v) is 6.34. The fraction of sp³-hybridized carbons (Fsp3) is 0.400. The molecular formula is C30H33N3O2. The summed E-state index contributed by atoms with van der Waals surface area (Å²) in [6.45, 7) is 6.76. The van der Waals surface area contributed by atoms with E-state index in [1.807, 2.05) is 24.4 Å². The number of nitrogens with zero attached hydrogens (tertiary/aromatic N) is 3. The molecule has 2 aromatic heterocycles. The molecule has 4 aromatic rings. The largest absolute Gasteiger partial charge is 0.497 e. The molecule has 3 fully saturated rings. The van der Waals surface area contributed by atoms with Gasteiger partial charge in [-0.25, -0.2) is 4.98 Å². The molecule has 7 rings (SSSR count). The topological polar surface area (TPSA) is 47.5 Å². The van der Waals surface area contributed by atoms with Gasteiger partial charge in [0.1, 0.15) is 11.9 Å². The highest BCUT2D eigenvalue weighted by molar-refractivity contribution is 5.84. The molecule has 5 atom stereocenters. The van der Waals surface area contributed by atoms with Crippen molar-refractivity contribution in [3.63, 3.8) is 0 Å². The van der Waals surface area contributed by atoms with Crippen LogP contribution in [0.25, 0.3) is 21.8 Å². The van der Waals surface area contributed by atoms with Crippen molar-refractivity contribution in [2.24, 2.45) is 11.8 Å². The monoisotopic (exact) mass is 467 g/mol. The van der Waals surface area contributed by atoms with E-state index in [1.165, 1.54) is 23.8 Å². The maximum atomic E-state index is 6.91. The molecule has 0 aliphatic carbocycles. The maximum Gasteiger partial charge on any atom is 0.214 e. The Hall–Kier alpha value is -3.18. The third-order valence-corrected chi connectivity index (χ3v) is 8.25. The number of piperidine rings is 3. The Morgan fingerprint density at radius 3 is 2.74 bits per heavy atom. The average Bonchev–Trinajstić information content (AvgIpc) is 2.91. The van der Waals surface area contributed by atoms with Gasteiger partial charge < -0.3 is 9.47 Å². The van der Waals surface area contributed by atoms with Gasteiger partial charge in [0.05, 0.1) is 24.2 Å². The summed E-state index contributed by atoms with van der Waals surface area (Å²) in [4.78, 5) is 12.2. The van der Waals surface area contributed by atoms with E-state index < -0.39 is 0 Å². The maximum absolute atomic E-state index is 6.91. The van der Waals surface area contributed by atoms with Gasteiger partial charge in [0.25, 0.3) is 0 Å². The van der Waals surface area contributed by atoms with Crippen LogP contribution in [0.15, 0.2) is 60.8 Å². The van der Waals surface area contributed by atoms with E-state index in [-0.39, 0.29) is 6.10 Å². The molecule has 2 aromatic carbocycles. The summed E-state index contributed by atoms with van der Waals surface area (Å²) in [7, 11) is 1.71. The molecule has 0 amide bonds. The minimum absolute atomic E-state index is 0.138. The number of aromatic nitrogens is 2. The Morgan fingerprint density at radius 1 is 1.06 bits per heavy atom. The predicted molar refractivity (Wildman–Crippen MR) is 140 cm³/mol. The highest BCUT2D eigenvalue weighted by Crippen LogP contribution is 2.44. The predicted octanol–water partition coefficient (Wildman–Crippen LogP) is 6.34. The summed E-state index contributed by atoms with van der Waals surface area (Å²) in [5.74, 6) is 3.07. The zero-order chi connectivity index (χ0) is 23.9. The third-order valence-electron chi connectivity index (χ3n) is 8.25. The average molecular weight is 468 g/mol. The van der Waals surface area contributed by atoms with Crippen molar-refractivity contribution in [1.82, 2.24) is 14.9 Å². The molecule has 5 nitrogen and oxygen atoms in total. The molecule has 3 saturated heterocycles. The number of fused-ring (bicyclic) bond motifs is 5. The lowest BCUT2D eigenvalue weighted by atomic mass is 9.72. The van der Waals surface area contributed by atoms with Crippen LogP contribution in [-0.2, 0) is 0 Å². The van der Waals surface area contributed by atoms with E-state index in [1.54, 1.807) is 7.11 Å². The number of para-hydroxylation sites is 1. The zero-order valence-corrected chi connectivity index (χ0v) is 20.8. The molecule has 35 heavy (non-hydrogen) atoms. The SMILES string of the molecule is CCC1CN2CC[C@@H]1C[C@H]2[C@H](Oc1cc(C)c2ccccc2n1)c1ccnc2ccc(OC)cc12. The molecule has 5 heterocycles. The van der Waals surface area contributed by atoms with Crippen LogP contribution in [0.2, 0.25) is 0 Å². The van der Waals surface area contributed by atoms with Crippen LogP contribution in [0, 0.1) is 18.8 Å². The number of benzene rings is 2. The molecular weight excluding hydrogens is 434 g/mol. The van der Waals surface area contributed by atoms with Gasteiger partial charge in [-0.15, -0.1) is 0 Å². The van der Waals surface area contributed by atoms with Gasteiger partial charge in [0.2, 0.25) is 5.88 Å². The lowest BCUT2D eigenvalue weighted by molar-refractivity contribution is -0.0492. The Balaban J connectivity index is 1.46. The standard InChI is InChI=1S/C30H33N3O2/c1-4-20-18-33-14-12-21(20)16-28(33)30(24-11-13-31-26-10-9-22(34-3)17-25(24)26)35-29-15-19(2)23-7-5-6-8-27(23)32-29/h5-11,13,15,17,20-21,28,30H,4,12,14,16,18H2,1-3H3/t20?,21-,28+,30-/m1/s1. The summed E-state index contributed by atoms with van der Waals surface area (Å²) in [5.41, 5.74) is 4.27. The molecule has 180 valence electrons. The number of pyridine rings is 2. The van der Waals surface area contributed by atoms with Crippen LogP contribution in [0.3, 0.4) is 0 Å². The first-order valence-corrected chi connectivity index (χ1v) is 12.8. The van der Waals surface area contributed by atoms with Crippen LogP contribution in [0.5, 0.6) is 11.6 Å². The molecule has 2 unspecified atom stereocenters. The summed E-state index contributed by atoms with van der Waals surface area (Å²) >= 11 is 0. The van der Waals surface area contributed by atoms with Crippen molar-refractivity contribution in [2.75, 3.05) is 20.2 Å². The van der Waals surface area contributed by atoms with E-state index in [0.717, 1.165) is 59.1 Å². The number of rotatable bonds is 6. The first-order valence-electron chi connectivity index (χ1n) is 12.8. The number of hydrogen-bond acceptors (Lipinski definition) is 5. The van der Waals surface area contributed by atoms with Gasteiger partial charge in [-0.1, -0.05) is 31.5 Å². The Labute approximate surface area is 207 Å². The highest BCUT2D eigenvalue weighted by Gasteiger charge is 2.44. The van der Waals surface area contributed by atoms with Crippen molar-refractivity contribution in [2.45, 2.75) is 45.3 Å². The van der Waals surface area contributed by atoms with Gasteiger partial charge in [0.15, 0.2) is 0 Å². The second kappa shape index (κ2) is 9.12. The summed E-state index contributed by atoms with van der Waals surface area (Å²) in [5, 5.41) is 2.26. The minimum atomic E-state index is -0.138. The van der Waals surface area contributed by atoms with Gasteiger partial charge >= 0.3 is 0 Å². The number of aryl methyl sites for hydroxylation is 1. The minimum Gasteiger partial charge on any atom is -0.497 e. The quantitative estimate of drug-likeness (QED) is 0.331. The second-order valence-corrected chi connectivity index (χ2v) is 10.1. The summed E-state index contributed by atoms with van der Waals surface area (Å²) in [6, 6.07) is 18.9. The Kier molecular flexibility index (Phi) is 5.81. The molecule has 0 spiro atoms. The summed E-state index contributed by atoms with van der Waals surface area (Å²) < 4.78 is 12.5. The Morgan fingerprint density at radius 2 is 1.94 bits per heavy atom. The van der Waals surface area contributed by atoms with E-state index >= 15 is 0 Å². The molecule has 2 bridgehead atoms. The van der Waals surface area contributed by atoms with Gasteiger partial charge in [-0.3, -0.25) is 9.88 Å². The van der Waals surface area contributed by atoms with Crippen molar-refractivity contribution in [3.8, 4) is 11.6 Å². The van der Waals surface area contributed by atoms with E-state index in [4.69, 9.17) is 14.5 Å². The highest BCUT2D eigenvalue weighted by atomic mass is 16.5. The van der Waals surface area contributed by atoms with E-state index in [0.29, 0.717) is 11.9 Å². The fourth-order valence-electron chi connectivity index (χ4n) is 6.34. The van der Waals surface area contributed by atoms with Crippen LogP contribution >= 0.6 is 0 Å². The lowest BCUT2D eigenvalue weighted by Crippen LogP contribution is -2.56. The Bertz CT molecular complexity index is 1370. The van der Waals surface area contributed by atoms with Crippen LogP contribution < -0.4 is 9.47 Å². The van der Waals surface area contributed by atoms with Crippen molar-refractivity contribution in [3.05, 3.63) is 71.9 Å². The van der Waals surface area contributed by atoms with Crippen molar-refractivity contribution < 1.29 is 9.47 Å². The molecule has 3 aliphatic rings. The van der Waals surface area contributed by atoms with Crippen LogP contribution in [0.1, 0.15) is 43.4 Å². The van der Waals surface area contributed by atoms with E-state index in [9.17, 15) is 0 Å². The van der Waals surface area contributed by atoms with Crippen molar-refractivity contribution in [1.29, 1.82) is 0 Å². The summed E-state index contributed by atoms with van der Waals surface area (Å²) in [6.07, 6.45) is 5.47. The van der Waals surface area contributed by atoms with Gasteiger partial charge in [0, 0.05) is 35.1 Å². The second-order valence-electron chi connectivity index (χ2n) is 10.1. The van der Waals surface area contributed by atoms with Gasteiger partial charge in [-0.2, -0.15) is 0 Å². The molecule has 0 N–H and O–H groups in total. The molecule has 3 aliphatic heterocycles. The van der Waals surface area contributed by atoms with Crippen molar-refractivity contribution >= 4 is 21.8 Å². The molecule has 0 radical (unpaired) electrons. The first kappa shape index (κ1) is 22.3. The smallest absolute Gasteiger partial charge is 0.214 e. The van der Waals surface area contributed by atoms with Crippen LogP contribution in [-0.4, -0.2) is 41.1 Å².